The number of alkyl halides is 6. The number of halogens is 6. The third-order valence-electron chi connectivity index (χ3n) is 3.82. The zero-order valence-electron chi connectivity index (χ0n) is 16.4. The molecule has 0 fully saturated rings. The van der Waals surface area contributed by atoms with Crippen molar-refractivity contribution in [2.45, 2.75) is 24.5 Å². The average Bonchev–Trinajstić information content (AvgIpc) is 2.95. The lowest BCUT2D eigenvalue weighted by atomic mass is 10.2. The van der Waals surface area contributed by atoms with E-state index in [0.717, 1.165) is 10.6 Å². The van der Waals surface area contributed by atoms with Crippen molar-refractivity contribution in [1.29, 1.82) is 0 Å². The lowest BCUT2D eigenvalue weighted by molar-refractivity contribution is -0.137. The molecule has 0 unspecified atom stereocenters. The topological polar surface area (TPSA) is 149 Å². The number of fused-ring (bicyclic) bond motifs is 1. The zero-order valence-corrected chi connectivity index (χ0v) is 18.0. The Bertz CT molecular complexity index is 1290. The number of carboxylic acid groups (broad SMARTS) is 1. The van der Waals surface area contributed by atoms with Gasteiger partial charge in [-0.25, -0.2) is 4.79 Å². The molecule has 0 aliphatic heterocycles. The first kappa shape index (κ1) is 27.0. The Morgan fingerprint density at radius 1 is 1.00 bits per heavy atom. The Hall–Kier alpha value is -3.22. The minimum atomic E-state index is -7.13. The van der Waals surface area contributed by atoms with Crippen LogP contribution in [0, 0.1) is 0 Å². The number of aliphatic carboxylic acids is 1. The molecule has 0 saturated carbocycles. The second-order valence-corrected chi connectivity index (χ2v) is 9.88. The summed E-state index contributed by atoms with van der Waals surface area (Å²) in [4.78, 5) is 22.7. The lowest BCUT2D eigenvalue weighted by Crippen LogP contribution is -2.49. The van der Waals surface area contributed by atoms with Crippen LogP contribution in [0.15, 0.2) is 24.3 Å². The Morgan fingerprint density at radius 2 is 1.53 bits per heavy atom. The van der Waals surface area contributed by atoms with E-state index in [2.05, 4.69) is 4.74 Å². The molecule has 0 radical (unpaired) electrons. The molecule has 34 heavy (non-hydrogen) atoms. The van der Waals surface area contributed by atoms with E-state index >= 15 is 0 Å². The van der Waals surface area contributed by atoms with E-state index in [1.54, 1.807) is 0 Å². The molecule has 190 valence electrons. The molecule has 0 spiro atoms. The average molecular weight is 542 g/mol. The molecule has 0 saturated heterocycles. The monoisotopic (exact) mass is 542 g/mol. The van der Waals surface area contributed by atoms with E-state index < -0.39 is 70.4 Å². The maximum Gasteiger partial charge on any atom is 0.517 e. The van der Waals surface area contributed by atoms with Gasteiger partial charge in [-0.3, -0.25) is 4.79 Å². The van der Waals surface area contributed by atoms with Gasteiger partial charge in [0.25, 0.3) is 0 Å². The van der Waals surface area contributed by atoms with Crippen LogP contribution >= 0.6 is 0 Å². The van der Waals surface area contributed by atoms with E-state index in [4.69, 9.17) is 9.84 Å². The third kappa shape index (κ3) is 4.98. The maximum atomic E-state index is 13.0. The number of hydrogen-bond acceptors (Lipinski definition) is 8. The number of carboxylic acids is 1. The highest BCUT2D eigenvalue weighted by molar-refractivity contribution is 8.11. The number of nitrogens with zero attached hydrogens (tertiary/aromatic N) is 2. The summed E-state index contributed by atoms with van der Waals surface area (Å²) in [6, 6.07) is 1.94. The van der Waals surface area contributed by atoms with E-state index in [1.807, 2.05) is 0 Å². The van der Waals surface area contributed by atoms with Crippen LogP contribution in [-0.4, -0.2) is 56.3 Å². The molecule has 0 amide bonds. The maximum absolute atomic E-state index is 13.0. The number of hydrogen-bond donors (Lipinski definition) is 1. The molecular formula is C15H12F6N2O9S2. The smallest absolute Gasteiger partial charge is 0.480 e. The van der Waals surface area contributed by atoms with Crippen molar-refractivity contribution in [3.05, 3.63) is 24.3 Å². The number of carbonyl (C=O) groups is 2. The van der Waals surface area contributed by atoms with Crippen LogP contribution in [0.2, 0.25) is 0 Å². The van der Waals surface area contributed by atoms with Crippen molar-refractivity contribution in [3.63, 3.8) is 0 Å². The van der Waals surface area contributed by atoms with Gasteiger partial charge in [0.2, 0.25) is 5.88 Å². The molecule has 1 aromatic carbocycles. The van der Waals surface area contributed by atoms with Crippen LogP contribution in [-0.2, 0) is 36.1 Å². The summed E-state index contributed by atoms with van der Waals surface area (Å²) in [6.45, 7) is 0.280. The molecule has 0 atom stereocenters. The number of sulfonamides is 2. The Balaban J connectivity index is 2.82. The van der Waals surface area contributed by atoms with Gasteiger partial charge in [0, 0.05) is 11.5 Å². The van der Waals surface area contributed by atoms with Gasteiger partial charge >= 0.3 is 43.2 Å². The van der Waals surface area contributed by atoms with Crippen molar-refractivity contribution in [1.82, 2.24) is 4.57 Å². The van der Waals surface area contributed by atoms with Gasteiger partial charge in [0.05, 0.1) is 17.8 Å². The minimum Gasteiger partial charge on any atom is -0.480 e. The predicted molar refractivity (Wildman–Crippen MR) is 99.7 cm³/mol. The molecular weight excluding hydrogens is 530 g/mol. The fourth-order valence-electron chi connectivity index (χ4n) is 2.56. The first-order valence-electron chi connectivity index (χ1n) is 8.47. The number of carbonyl (C=O) groups excluding carboxylic acids is 1. The molecule has 1 N–H and O–H groups in total. The fraction of sp³-hybridized carbons (Fsp3) is 0.333. The Kier molecular flexibility index (Phi) is 7.04. The van der Waals surface area contributed by atoms with Crippen LogP contribution in [0.5, 0.6) is 5.88 Å². The normalized spacial score (nSPS) is 13.0. The molecule has 1 heterocycles. The highest BCUT2D eigenvalue weighted by Gasteiger charge is 2.61. The minimum absolute atomic E-state index is 0.179. The van der Waals surface area contributed by atoms with Gasteiger partial charge in [-0.05, 0) is 25.1 Å². The summed E-state index contributed by atoms with van der Waals surface area (Å²) in [5.41, 5.74) is -14.8. The van der Waals surface area contributed by atoms with Gasteiger partial charge in [0.1, 0.15) is 6.54 Å². The second-order valence-electron chi connectivity index (χ2n) is 6.09. The van der Waals surface area contributed by atoms with Gasteiger partial charge in [-0.15, -0.1) is 3.71 Å². The molecule has 19 heteroatoms. The second kappa shape index (κ2) is 8.85. The van der Waals surface area contributed by atoms with E-state index in [9.17, 15) is 52.8 Å². The largest absolute Gasteiger partial charge is 0.517 e. The third-order valence-corrected chi connectivity index (χ3v) is 7.47. The van der Waals surface area contributed by atoms with Gasteiger partial charge in [0.15, 0.2) is 0 Å². The summed E-state index contributed by atoms with van der Waals surface area (Å²) in [5, 5.41) is 8.56. The summed E-state index contributed by atoms with van der Waals surface area (Å²) >= 11 is 0. The van der Waals surface area contributed by atoms with Crippen molar-refractivity contribution in [3.8, 4) is 5.88 Å². The fourth-order valence-corrected chi connectivity index (χ4v) is 5.26. The van der Waals surface area contributed by atoms with Crippen LogP contribution < -0.4 is 8.45 Å². The summed E-state index contributed by atoms with van der Waals surface area (Å²) in [7, 11) is -14.3. The van der Waals surface area contributed by atoms with Crippen molar-refractivity contribution in [2.24, 2.45) is 0 Å². The van der Waals surface area contributed by atoms with Crippen LogP contribution in [0.4, 0.5) is 36.8 Å². The molecule has 0 aliphatic rings. The number of aromatic nitrogens is 1. The molecule has 1 aromatic heterocycles. The van der Waals surface area contributed by atoms with E-state index in [0.29, 0.717) is 6.07 Å². The Morgan fingerprint density at radius 3 is 1.97 bits per heavy atom. The summed E-state index contributed by atoms with van der Waals surface area (Å²) in [5.74, 6) is -2.12. The van der Waals surface area contributed by atoms with Crippen molar-refractivity contribution >= 4 is 48.8 Å². The SMILES string of the molecule is CCOC(=O)Oc1cc2cc(N(S(=O)(=O)C(F)(F)F)S(=O)(=O)C(F)(F)F)ccc2n1CC(=O)O. The van der Waals surface area contributed by atoms with Gasteiger partial charge in [-0.1, -0.05) is 0 Å². The number of benzene rings is 1. The summed E-state index contributed by atoms with van der Waals surface area (Å²) in [6.07, 6.45) is -1.35. The Labute approximate surface area is 186 Å². The highest BCUT2D eigenvalue weighted by Crippen LogP contribution is 2.40. The predicted octanol–water partition coefficient (Wildman–Crippen LogP) is 2.77. The van der Waals surface area contributed by atoms with E-state index in [-0.39, 0.29) is 24.3 Å². The highest BCUT2D eigenvalue weighted by atomic mass is 32.3. The van der Waals surface area contributed by atoms with Gasteiger partial charge < -0.3 is 19.1 Å². The first-order valence-corrected chi connectivity index (χ1v) is 11.4. The molecule has 11 nitrogen and oxygen atoms in total. The summed E-state index contributed by atoms with van der Waals surface area (Å²) < 4.78 is 133. The molecule has 0 bridgehead atoms. The van der Waals surface area contributed by atoms with Crippen molar-refractivity contribution < 1.29 is 67.3 Å². The van der Waals surface area contributed by atoms with Crippen LogP contribution in [0.25, 0.3) is 10.9 Å². The number of anilines is 1. The number of rotatable bonds is 7. The zero-order chi connectivity index (χ0) is 26.3. The standard InChI is InChI=1S/C15H12F6N2O9S2/c1-2-31-13(26)32-11-6-8-5-9(3-4-10(8)22(11)7-12(24)25)23(33(27,28)14(16,17)18)34(29,30)15(19,20)21/h3-6H,2,7H2,1H3,(H,24,25). The lowest BCUT2D eigenvalue weighted by Gasteiger charge is -2.25. The first-order chi connectivity index (χ1) is 15.3. The number of ether oxygens (including phenoxy) is 2. The molecule has 0 aliphatic carbocycles. The quantitative estimate of drug-likeness (QED) is 0.412. The van der Waals surface area contributed by atoms with E-state index in [1.165, 1.54) is 6.92 Å². The van der Waals surface area contributed by atoms with Gasteiger partial charge in [-0.2, -0.15) is 43.2 Å². The van der Waals surface area contributed by atoms with Crippen molar-refractivity contribution in [2.75, 3.05) is 10.3 Å². The van der Waals surface area contributed by atoms with Crippen LogP contribution in [0.1, 0.15) is 6.92 Å². The van der Waals surface area contributed by atoms with Crippen LogP contribution in [0.3, 0.4) is 0 Å². The molecule has 2 aromatic rings. The molecule has 2 rings (SSSR count).